The summed E-state index contributed by atoms with van der Waals surface area (Å²) in [5.41, 5.74) is 2.86. The molecule has 2 aromatic carbocycles. The van der Waals surface area contributed by atoms with Crippen LogP contribution in [-0.2, 0) is 14.8 Å². The van der Waals surface area contributed by atoms with Gasteiger partial charge in [0.2, 0.25) is 10.0 Å². The number of hydrogen-bond donors (Lipinski definition) is 1. The zero-order chi connectivity index (χ0) is 20.4. The molecule has 8 heteroatoms. The van der Waals surface area contributed by atoms with E-state index in [0.717, 1.165) is 16.1 Å². The molecule has 0 aliphatic rings. The first-order chi connectivity index (χ1) is 12.6. The van der Waals surface area contributed by atoms with E-state index in [1.54, 1.807) is 44.2 Å². The van der Waals surface area contributed by atoms with E-state index < -0.39 is 21.9 Å². The first kappa shape index (κ1) is 20.4. The van der Waals surface area contributed by atoms with Gasteiger partial charge in [0.15, 0.2) is 0 Å². The lowest BCUT2D eigenvalue weighted by molar-refractivity contribution is 0.0599. The van der Waals surface area contributed by atoms with Gasteiger partial charge >= 0.3 is 5.97 Å². The maximum Gasteiger partial charge on any atom is 0.338 e. The maximum atomic E-state index is 12.7. The number of anilines is 2. The van der Waals surface area contributed by atoms with Gasteiger partial charge in [0.1, 0.15) is 0 Å². The summed E-state index contributed by atoms with van der Waals surface area (Å²) in [6, 6.07) is 9.75. The van der Waals surface area contributed by atoms with Crippen molar-refractivity contribution < 1.29 is 22.7 Å². The normalized spacial score (nSPS) is 11.0. The largest absolute Gasteiger partial charge is 0.465 e. The Bertz CT molecular complexity index is 999. The molecule has 2 rings (SSSR count). The number of nitrogens with zero attached hydrogens (tertiary/aromatic N) is 1. The molecule has 0 aliphatic heterocycles. The van der Waals surface area contributed by atoms with Gasteiger partial charge in [-0.3, -0.25) is 9.10 Å². The molecule has 0 unspecified atom stereocenters. The molecule has 0 radical (unpaired) electrons. The van der Waals surface area contributed by atoms with Gasteiger partial charge in [-0.15, -0.1) is 0 Å². The van der Waals surface area contributed by atoms with E-state index in [4.69, 9.17) is 4.74 Å². The van der Waals surface area contributed by atoms with Crippen LogP contribution in [0.25, 0.3) is 0 Å². The summed E-state index contributed by atoms with van der Waals surface area (Å²) in [7, 11) is -0.730. The van der Waals surface area contributed by atoms with E-state index in [9.17, 15) is 18.0 Å². The van der Waals surface area contributed by atoms with Crippen LogP contribution in [0.3, 0.4) is 0 Å². The lowest BCUT2D eigenvalue weighted by atomic mass is 10.1. The topological polar surface area (TPSA) is 92.8 Å². The number of ether oxygens (including phenoxy) is 1. The average molecular weight is 390 g/mol. The first-order valence-corrected chi connectivity index (χ1v) is 9.95. The second-order valence-corrected chi connectivity index (χ2v) is 8.17. The lowest BCUT2D eigenvalue weighted by Crippen LogP contribution is -2.26. The molecule has 0 atom stereocenters. The second kappa shape index (κ2) is 7.79. The molecule has 0 aromatic heterocycles. The fourth-order valence-corrected chi connectivity index (χ4v) is 3.12. The van der Waals surface area contributed by atoms with Crippen molar-refractivity contribution in [3.8, 4) is 0 Å². The predicted molar refractivity (Wildman–Crippen MR) is 105 cm³/mol. The van der Waals surface area contributed by atoms with Gasteiger partial charge in [0.25, 0.3) is 5.91 Å². The summed E-state index contributed by atoms with van der Waals surface area (Å²) in [5, 5.41) is 2.76. The molecule has 27 heavy (non-hydrogen) atoms. The van der Waals surface area contributed by atoms with Crippen LogP contribution in [0.5, 0.6) is 0 Å². The van der Waals surface area contributed by atoms with Crippen molar-refractivity contribution in [3.05, 3.63) is 58.7 Å². The smallest absolute Gasteiger partial charge is 0.338 e. The minimum absolute atomic E-state index is 0.300. The number of hydrogen-bond acceptors (Lipinski definition) is 5. The van der Waals surface area contributed by atoms with Gasteiger partial charge in [-0.05, 0) is 49.2 Å². The number of amides is 1. The quantitative estimate of drug-likeness (QED) is 0.793. The molecule has 0 spiro atoms. The highest BCUT2D eigenvalue weighted by molar-refractivity contribution is 7.92. The average Bonchev–Trinajstić information content (AvgIpc) is 2.61. The van der Waals surface area contributed by atoms with Gasteiger partial charge < -0.3 is 10.1 Å². The summed E-state index contributed by atoms with van der Waals surface area (Å²) < 4.78 is 29.5. The van der Waals surface area contributed by atoms with Crippen molar-refractivity contribution >= 4 is 33.3 Å². The van der Waals surface area contributed by atoms with Crippen molar-refractivity contribution in [2.45, 2.75) is 13.8 Å². The molecule has 0 bridgehead atoms. The Morgan fingerprint density at radius 2 is 1.78 bits per heavy atom. The van der Waals surface area contributed by atoms with Crippen LogP contribution < -0.4 is 9.62 Å². The number of nitrogens with one attached hydrogen (secondary N) is 1. The van der Waals surface area contributed by atoms with Crippen LogP contribution in [0.15, 0.2) is 36.4 Å². The Balaban J connectivity index is 2.36. The summed E-state index contributed by atoms with van der Waals surface area (Å²) in [6.45, 7) is 3.47. The van der Waals surface area contributed by atoms with Crippen molar-refractivity contribution in [3.63, 3.8) is 0 Å². The third-order valence-corrected chi connectivity index (χ3v) is 5.49. The molecule has 0 aliphatic carbocycles. The van der Waals surface area contributed by atoms with Crippen LogP contribution >= 0.6 is 0 Å². The van der Waals surface area contributed by atoms with Crippen LogP contribution in [0, 0.1) is 13.8 Å². The number of aryl methyl sites for hydroxylation is 1. The summed E-state index contributed by atoms with van der Waals surface area (Å²) >= 11 is 0. The van der Waals surface area contributed by atoms with Crippen LogP contribution in [-0.4, -0.2) is 40.7 Å². The Kier molecular flexibility index (Phi) is 5.90. The highest BCUT2D eigenvalue weighted by Gasteiger charge is 2.18. The number of carbonyl (C=O) groups is 2. The first-order valence-electron chi connectivity index (χ1n) is 8.10. The highest BCUT2D eigenvalue weighted by atomic mass is 32.2. The predicted octanol–water partition coefficient (Wildman–Crippen LogP) is 2.74. The van der Waals surface area contributed by atoms with Gasteiger partial charge in [-0.1, -0.05) is 12.1 Å². The van der Waals surface area contributed by atoms with E-state index in [2.05, 4.69) is 5.32 Å². The van der Waals surface area contributed by atoms with Crippen molar-refractivity contribution in [2.24, 2.45) is 0 Å². The molecule has 0 saturated carbocycles. The summed E-state index contributed by atoms with van der Waals surface area (Å²) in [6.07, 6.45) is 1.10. The minimum atomic E-state index is -3.45. The number of esters is 1. The van der Waals surface area contributed by atoms with Crippen molar-refractivity contribution in [2.75, 3.05) is 30.0 Å². The molecule has 1 amide bonds. The van der Waals surface area contributed by atoms with Gasteiger partial charge in [0.05, 0.1) is 24.6 Å². The Morgan fingerprint density at radius 1 is 1.11 bits per heavy atom. The number of sulfonamides is 1. The molecule has 0 fully saturated rings. The Labute approximate surface area is 159 Å². The van der Waals surface area contributed by atoms with Gasteiger partial charge in [-0.25, -0.2) is 13.2 Å². The van der Waals surface area contributed by atoms with E-state index in [0.29, 0.717) is 28.1 Å². The fourth-order valence-electron chi connectivity index (χ4n) is 2.57. The number of methoxy groups -OCH3 is 1. The number of benzene rings is 2. The van der Waals surface area contributed by atoms with E-state index in [1.807, 2.05) is 0 Å². The van der Waals surface area contributed by atoms with E-state index >= 15 is 0 Å². The zero-order valence-electron chi connectivity index (χ0n) is 15.9. The molecule has 144 valence electrons. The fraction of sp³-hybridized carbons (Fsp3) is 0.263. The monoisotopic (exact) mass is 390 g/mol. The standard InChI is InChI=1S/C19H22N2O5S/c1-12-9-10-14(11-17(12)21(3)27(5,24)25)18(22)20-16-8-6-7-15(13(16)2)19(23)26-4/h6-11H,1-5H3,(H,20,22). The van der Waals surface area contributed by atoms with Gasteiger partial charge in [0, 0.05) is 18.3 Å². The van der Waals surface area contributed by atoms with Crippen molar-refractivity contribution in [1.29, 1.82) is 0 Å². The minimum Gasteiger partial charge on any atom is -0.465 e. The maximum absolute atomic E-state index is 12.7. The van der Waals surface area contributed by atoms with E-state index in [1.165, 1.54) is 20.2 Å². The molecule has 1 N–H and O–H groups in total. The van der Waals surface area contributed by atoms with Crippen LogP contribution in [0.1, 0.15) is 31.8 Å². The third kappa shape index (κ3) is 4.46. The molecular weight excluding hydrogens is 368 g/mol. The Morgan fingerprint density at radius 3 is 2.37 bits per heavy atom. The van der Waals surface area contributed by atoms with Gasteiger partial charge in [-0.2, -0.15) is 0 Å². The molecular formula is C19H22N2O5S. The van der Waals surface area contributed by atoms with Crippen LogP contribution in [0.4, 0.5) is 11.4 Å². The highest BCUT2D eigenvalue weighted by Crippen LogP contribution is 2.24. The number of carbonyl (C=O) groups excluding carboxylic acids is 2. The molecule has 2 aromatic rings. The second-order valence-electron chi connectivity index (χ2n) is 6.16. The van der Waals surface area contributed by atoms with Crippen molar-refractivity contribution in [1.82, 2.24) is 0 Å². The van der Waals surface area contributed by atoms with Crippen LogP contribution in [0.2, 0.25) is 0 Å². The molecule has 7 nitrogen and oxygen atoms in total. The third-order valence-electron chi connectivity index (χ3n) is 4.30. The number of rotatable bonds is 5. The molecule has 0 saturated heterocycles. The SMILES string of the molecule is COC(=O)c1cccc(NC(=O)c2ccc(C)c(N(C)S(C)(=O)=O)c2)c1C. The zero-order valence-corrected chi connectivity index (χ0v) is 16.7. The van der Waals surface area contributed by atoms with E-state index in [-0.39, 0.29) is 0 Å². The lowest BCUT2D eigenvalue weighted by Gasteiger charge is -2.20. The Hall–Kier alpha value is -2.87. The summed E-state index contributed by atoms with van der Waals surface area (Å²) in [5.74, 6) is -0.903. The molecule has 0 heterocycles. The summed E-state index contributed by atoms with van der Waals surface area (Å²) in [4.78, 5) is 24.5.